The maximum Gasteiger partial charge on any atom is 0.254 e. The van der Waals surface area contributed by atoms with Gasteiger partial charge in [0, 0.05) is 37.0 Å². The summed E-state index contributed by atoms with van der Waals surface area (Å²) in [5.41, 5.74) is 3.88. The van der Waals surface area contributed by atoms with E-state index in [1.807, 2.05) is 54.7 Å². The predicted octanol–water partition coefficient (Wildman–Crippen LogP) is 3.34. The highest BCUT2D eigenvalue weighted by Gasteiger charge is 2.20. The summed E-state index contributed by atoms with van der Waals surface area (Å²) in [6, 6.07) is 7.28. The molecule has 1 amide bonds. The third kappa shape index (κ3) is 3.96. The first-order valence-electron chi connectivity index (χ1n) is 8.25. The maximum atomic E-state index is 13.0. The molecule has 2 rings (SSSR count). The first-order chi connectivity index (χ1) is 11.3. The van der Waals surface area contributed by atoms with Crippen LogP contribution in [0.15, 0.2) is 24.3 Å². The van der Waals surface area contributed by atoms with Crippen LogP contribution >= 0.6 is 0 Å². The van der Waals surface area contributed by atoms with Gasteiger partial charge in [0.25, 0.3) is 5.91 Å². The zero-order chi connectivity index (χ0) is 17.9. The third-order valence-electron chi connectivity index (χ3n) is 4.22. The molecule has 0 aliphatic rings. The summed E-state index contributed by atoms with van der Waals surface area (Å²) in [4.78, 5) is 14.9. The van der Waals surface area contributed by atoms with Crippen LogP contribution in [0.2, 0.25) is 0 Å². The van der Waals surface area contributed by atoms with Crippen LogP contribution in [-0.4, -0.2) is 34.2 Å². The molecule has 5 nitrogen and oxygen atoms in total. The van der Waals surface area contributed by atoms with Crippen molar-refractivity contribution in [1.82, 2.24) is 14.7 Å². The van der Waals surface area contributed by atoms with Crippen molar-refractivity contribution in [1.29, 1.82) is 0 Å². The van der Waals surface area contributed by atoms with Crippen molar-refractivity contribution >= 4 is 5.91 Å². The Morgan fingerprint density at radius 3 is 2.33 bits per heavy atom. The van der Waals surface area contributed by atoms with E-state index in [1.165, 1.54) is 0 Å². The lowest BCUT2D eigenvalue weighted by molar-refractivity contribution is 0.0722. The summed E-state index contributed by atoms with van der Waals surface area (Å²) in [5, 5.41) is 4.46. The molecule has 0 radical (unpaired) electrons. The smallest absolute Gasteiger partial charge is 0.254 e. The summed E-state index contributed by atoms with van der Waals surface area (Å²) in [6.45, 7) is 9.57. The number of rotatable bonds is 6. The van der Waals surface area contributed by atoms with Crippen molar-refractivity contribution in [3.63, 3.8) is 0 Å². The summed E-state index contributed by atoms with van der Waals surface area (Å²) >= 11 is 0. The molecule has 1 aromatic carbocycles. The van der Waals surface area contributed by atoms with Crippen LogP contribution in [0.4, 0.5) is 0 Å². The van der Waals surface area contributed by atoms with E-state index in [2.05, 4.69) is 18.9 Å². The number of hydrogen-bond acceptors (Lipinski definition) is 3. The minimum absolute atomic E-state index is 0.0361. The van der Waals surface area contributed by atoms with Crippen molar-refractivity contribution in [2.24, 2.45) is 13.0 Å². The summed E-state index contributed by atoms with van der Waals surface area (Å²) in [7, 11) is 3.56. The molecule has 0 atom stereocenters. The van der Waals surface area contributed by atoms with Gasteiger partial charge in [-0.3, -0.25) is 9.48 Å². The van der Waals surface area contributed by atoms with Crippen LogP contribution in [-0.2, 0) is 13.6 Å². The second-order valence-electron chi connectivity index (χ2n) is 6.58. The highest BCUT2D eigenvalue weighted by Crippen LogP contribution is 2.19. The standard InChI is InChI=1S/C19H27N3O2/c1-13(2)11-22(12-18-14(3)20-21(5)15(18)4)19(23)16-7-9-17(24-6)10-8-16/h7-10,13H,11-12H2,1-6H3. The number of benzene rings is 1. The number of carbonyl (C=O) groups excluding carboxylic acids is 1. The van der Waals surface area contributed by atoms with Crippen LogP contribution in [0.25, 0.3) is 0 Å². The lowest BCUT2D eigenvalue weighted by Gasteiger charge is -2.25. The van der Waals surface area contributed by atoms with Gasteiger partial charge in [-0.05, 0) is 44.0 Å². The van der Waals surface area contributed by atoms with E-state index in [-0.39, 0.29) is 5.91 Å². The van der Waals surface area contributed by atoms with Gasteiger partial charge in [-0.25, -0.2) is 0 Å². The van der Waals surface area contributed by atoms with E-state index in [0.29, 0.717) is 24.6 Å². The van der Waals surface area contributed by atoms with Gasteiger partial charge in [0.1, 0.15) is 5.75 Å². The van der Waals surface area contributed by atoms with Crippen molar-refractivity contribution in [3.05, 3.63) is 46.8 Å². The van der Waals surface area contributed by atoms with Crippen LogP contribution in [0.3, 0.4) is 0 Å². The van der Waals surface area contributed by atoms with Gasteiger partial charge in [0.2, 0.25) is 0 Å². The molecule has 130 valence electrons. The van der Waals surface area contributed by atoms with E-state index in [1.54, 1.807) is 7.11 Å². The number of aromatic nitrogens is 2. The van der Waals surface area contributed by atoms with Crippen molar-refractivity contribution in [2.75, 3.05) is 13.7 Å². The first kappa shape index (κ1) is 18.0. The monoisotopic (exact) mass is 329 g/mol. The number of hydrogen-bond donors (Lipinski definition) is 0. The molecule has 0 bridgehead atoms. The van der Waals surface area contributed by atoms with Crippen LogP contribution < -0.4 is 4.74 Å². The lowest BCUT2D eigenvalue weighted by Crippen LogP contribution is -2.34. The molecular weight excluding hydrogens is 302 g/mol. The Morgan fingerprint density at radius 1 is 1.25 bits per heavy atom. The van der Waals surface area contributed by atoms with Crippen LogP contribution in [0.5, 0.6) is 5.75 Å². The van der Waals surface area contributed by atoms with E-state index in [0.717, 1.165) is 22.7 Å². The largest absolute Gasteiger partial charge is 0.497 e. The van der Waals surface area contributed by atoms with Gasteiger partial charge < -0.3 is 9.64 Å². The Kier molecular flexibility index (Phi) is 5.65. The van der Waals surface area contributed by atoms with Gasteiger partial charge in [-0.1, -0.05) is 13.8 Å². The van der Waals surface area contributed by atoms with E-state index >= 15 is 0 Å². The number of amides is 1. The Balaban J connectivity index is 2.28. The van der Waals surface area contributed by atoms with E-state index in [4.69, 9.17) is 4.74 Å². The zero-order valence-corrected chi connectivity index (χ0v) is 15.5. The maximum absolute atomic E-state index is 13.0. The molecule has 1 aromatic heterocycles. The molecule has 0 aliphatic heterocycles. The second-order valence-corrected chi connectivity index (χ2v) is 6.58. The van der Waals surface area contributed by atoms with Gasteiger partial charge >= 0.3 is 0 Å². The minimum atomic E-state index is 0.0361. The fourth-order valence-electron chi connectivity index (χ4n) is 2.81. The molecule has 0 fully saturated rings. The molecule has 1 heterocycles. The Bertz CT molecular complexity index is 702. The topological polar surface area (TPSA) is 47.4 Å². The van der Waals surface area contributed by atoms with Gasteiger partial charge in [-0.15, -0.1) is 0 Å². The molecule has 0 aliphatic carbocycles. The summed E-state index contributed by atoms with van der Waals surface area (Å²) in [6.07, 6.45) is 0. The number of ether oxygens (including phenoxy) is 1. The third-order valence-corrected chi connectivity index (χ3v) is 4.22. The molecule has 2 aromatic rings. The first-order valence-corrected chi connectivity index (χ1v) is 8.25. The molecule has 24 heavy (non-hydrogen) atoms. The average Bonchev–Trinajstić information content (AvgIpc) is 2.79. The summed E-state index contributed by atoms with van der Waals surface area (Å²) in [5.74, 6) is 1.18. The minimum Gasteiger partial charge on any atom is -0.497 e. The fraction of sp³-hybridized carbons (Fsp3) is 0.474. The zero-order valence-electron chi connectivity index (χ0n) is 15.5. The Labute approximate surface area is 144 Å². The second kappa shape index (κ2) is 7.51. The van der Waals surface area contributed by atoms with E-state index in [9.17, 15) is 4.79 Å². The number of aryl methyl sites for hydroxylation is 2. The van der Waals surface area contributed by atoms with Gasteiger partial charge in [-0.2, -0.15) is 5.10 Å². The van der Waals surface area contributed by atoms with Gasteiger partial charge in [0.15, 0.2) is 0 Å². The predicted molar refractivity (Wildman–Crippen MR) is 95.3 cm³/mol. The highest BCUT2D eigenvalue weighted by atomic mass is 16.5. The average molecular weight is 329 g/mol. The molecule has 5 heteroatoms. The Morgan fingerprint density at radius 2 is 1.88 bits per heavy atom. The SMILES string of the molecule is COc1ccc(C(=O)N(Cc2c(C)nn(C)c2C)CC(C)C)cc1. The van der Waals surface area contributed by atoms with Crippen molar-refractivity contribution in [3.8, 4) is 5.75 Å². The van der Waals surface area contributed by atoms with Crippen LogP contribution in [0.1, 0.15) is 41.2 Å². The van der Waals surface area contributed by atoms with Gasteiger partial charge in [0.05, 0.1) is 12.8 Å². The molecule has 0 saturated carbocycles. The number of methoxy groups -OCH3 is 1. The quantitative estimate of drug-likeness (QED) is 0.816. The fourth-order valence-corrected chi connectivity index (χ4v) is 2.81. The molecule has 0 spiro atoms. The number of nitrogens with zero attached hydrogens (tertiary/aromatic N) is 3. The lowest BCUT2D eigenvalue weighted by atomic mass is 10.1. The summed E-state index contributed by atoms with van der Waals surface area (Å²) < 4.78 is 7.04. The molecule has 0 N–H and O–H groups in total. The normalized spacial score (nSPS) is 11.0. The number of carbonyl (C=O) groups is 1. The van der Waals surface area contributed by atoms with Crippen LogP contribution in [0, 0.1) is 19.8 Å². The molecule has 0 unspecified atom stereocenters. The Hall–Kier alpha value is -2.30. The highest BCUT2D eigenvalue weighted by molar-refractivity contribution is 5.94. The molecular formula is C19H27N3O2. The molecule has 0 saturated heterocycles. The van der Waals surface area contributed by atoms with E-state index < -0.39 is 0 Å². The van der Waals surface area contributed by atoms with Crippen molar-refractivity contribution in [2.45, 2.75) is 34.2 Å². The van der Waals surface area contributed by atoms with Crippen molar-refractivity contribution < 1.29 is 9.53 Å².